The molecular formula is C12H21N3O. The molecule has 4 heteroatoms. The Morgan fingerprint density at radius 2 is 2.06 bits per heavy atom. The molecule has 90 valence electrons. The Balaban J connectivity index is 2.77. The first-order valence-corrected chi connectivity index (χ1v) is 5.65. The van der Waals surface area contributed by atoms with Gasteiger partial charge in [0.2, 0.25) is 0 Å². The summed E-state index contributed by atoms with van der Waals surface area (Å²) in [4.78, 5) is 8.40. The van der Waals surface area contributed by atoms with E-state index in [0.717, 1.165) is 11.5 Å². The number of rotatable bonds is 5. The molecule has 0 amide bonds. The van der Waals surface area contributed by atoms with Gasteiger partial charge in [0.15, 0.2) is 0 Å². The number of aliphatic hydroxyl groups is 1. The van der Waals surface area contributed by atoms with Crippen molar-refractivity contribution >= 4 is 5.82 Å². The van der Waals surface area contributed by atoms with E-state index in [-0.39, 0.29) is 12.1 Å². The standard InChI is InChI=1S/C12H21N3O/c1-9(2)10-7-11(14-8-13-10)15-12(3,4)5-6-16/h7-9,16H,5-6H2,1-4H3,(H,13,14,15). The van der Waals surface area contributed by atoms with Gasteiger partial charge in [0.1, 0.15) is 12.1 Å². The first-order chi connectivity index (χ1) is 7.44. The lowest BCUT2D eigenvalue weighted by molar-refractivity contribution is 0.260. The highest BCUT2D eigenvalue weighted by atomic mass is 16.3. The minimum Gasteiger partial charge on any atom is -0.396 e. The van der Waals surface area contributed by atoms with E-state index in [9.17, 15) is 0 Å². The molecule has 1 aromatic rings. The van der Waals surface area contributed by atoms with Crippen molar-refractivity contribution in [3.05, 3.63) is 18.1 Å². The van der Waals surface area contributed by atoms with Crippen LogP contribution in [0.4, 0.5) is 5.82 Å². The minimum absolute atomic E-state index is 0.155. The molecule has 1 aromatic heterocycles. The van der Waals surface area contributed by atoms with Gasteiger partial charge in [0.05, 0.1) is 0 Å². The van der Waals surface area contributed by atoms with Crippen LogP contribution < -0.4 is 5.32 Å². The summed E-state index contributed by atoms with van der Waals surface area (Å²) in [7, 11) is 0. The molecule has 0 bridgehead atoms. The SMILES string of the molecule is CC(C)c1cc(NC(C)(C)CCO)ncn1. The number of hydrogen-bond donors (Lipinski definition) is 2. The number of aromatic nitrogens is 2. The van der Waals surface area contributed by atoms with Crippen molar-refractivity contribution in [1.82, 2.24) is 9.97 Å². The molecule has 0 aliphatic heterocycles. The monoisotopic (exact) mass is 223 g/mol. The molecule has 1 rings (SSSR count). The molecule has 2 N–H and O–H groups in total. The maximum absolute atomic E-state index is 8.95. The summed E-state index contributed by atoms with van der Waals surface area (Å²) < 4.78 is 0. The molecule has 0 radical (unpaired) electrons. The van der Waals surface area contributed by atoms with Gasteiger partial charge in [-0.05, 0) is 26.2 Å². The van der Waals surface area contributed by atoms with Crippen molar-refractivity contribution in [3.8, 4) is 0 Å². The van der Waals surface area contributed by atoms with Crippen LogP contribution in [-0.2, 0) is 0 Å². The van der Waals surface area contributed by atoms with Gasteiger partial charge in [-0.15, -0.1) is 0 Å². The predicted octanol–water partition coefficient (Wildman–Crippen LogP) is 2.17. The number of nitrogens with one attached hydrogen (secondary N) is 1. The molecule has 0 saturated carbocycles. The van der Waals surface area contributed by atoms with E-state index >= 15 is 0 Å². The molecule has 0 unspecified atom stereocenters. The van der Waals surface area contributed by atoms with Crippen LogP contribution in [-0.4, -0.2) is 27.2 Å². The first kappa shape index (κ1) is 12.9. The lowest BCUT2D eigenvalue weighted by atomic mass is 10.0. The van der Waals surface area contributed by atoms with Crippen molar-refractivity contribution in [2.24, 2.45) is 0 Å². The Labute approximate surface area is 97.1 Å². The van der Waals surface area contributed by atoms with Crippen LogP contribution in [0.25, 0.3) is 0 Å². The predicted molar refractivity (Wildman–Crippen MR) is 65.5 cm³/mol. The zero-order valence-electron chi connectivity index (χ0n) is 10.5. The molecule has 0 spiro atoms. The van der Waals surface area contributed by atoms with Crippen molar-refractivity contribution in [1.29, 1.82) is 0 Å². The zero-order valence-corrected chi connectivity index (χ0v) is 10.5. The summed E-state index contributed by atoms with van der Waals surface area (Å²) in [5.41, 5.74) is 0.870. The van der Waals surface area contributed by atoms with Gasteiger partial charge in [-0.25, -0.2) is 9.97 Å². The third kappa shape index (κ3) is 3.77. The molecule has 4 nitrogen and oxygen atoms in total. The highest BCUT2D eigenvalue weighted by Crippen LogP contribution is 2.18. The summed E-state index contributed by atoms with van der Waals surface area (Å²) >= 11 is 0. The molecule has 0 fully saturated rings. The smallest absolute Gasteiger partial charge is 0.130 e. The van der Waals surface area contributed by atoms with Gasteiger partial charge in [0, 0.05) is 23.9 Å². The lowest BCUT2D eigenvalue weighted by Crippen LogP contribution is -2.32. The molecule has 0 atom stereocenters. The van der Waals surface area contributed by atoms with E-state index in [1.165, 1.54) is 0 Å². The highest BCUT2D eigenvalue weighted by molar-refractivity contribution is 5.38. The largest absolute Gasteiger partial charge is 0.396 e. The van der Waals surface area contributed by atoms with Crippen LogP contribution in [0.15, 0.2) is 12.4 Å². The second kappa shape index (κ2) is 5.25. The summed E-state index contributed by atoms with van der Waals surface area (Å²) in [6.07, 6.45) is 2.26. The van der Waals surface area contributed by atoms with Crippen molar-refractivity contribution in [2.75, 3.05) is 11.9 Å². The molecule has 0 saturated heterocycles. The fourth-order valence-electron chi connectivity index (χ4n) is 1.45. The molecule has 1 heterocycles. The van der Waals surface area contributed by atoms with E-state index in [1.807, 2.05) is 19.9 Å². The van der Waals surface area contributed by atoms with Crippen LogP contribution in [0.3, 0.4) is 0 Å². The second-order valence-electron chi connectivity index (χ2n) is 4.97. The number of anilines is 1. The fraction of sp³-hybridized carbons (Fsp3) is 0.667. The van der Waals surface area contributed by atoms with E-state index in [0.29, 0.717) is 12.3 Å². The van der Waals surface area contributed by atoms with Gasteiger partial charge < -0.3 is 10.4 Å². The minimum atomic E-state index is -0.155. The summed E-state index contributed by atoms with van der Waals surface area (Å²) in [5.74, 6) is 1.21. The zero-order chi connectivity index (χ0) is 12.2. The molecule has 0 aromatic carbocycles. The average molecular weight is 223 g/mol. The maximum Gasteiger partial charge on any atom is 0.130 e. The Morgan fingerprint density at radius 3 is 2.62 bits per heavy atom. The summed E-state index contributed by atoms with van der Waals surface area (Å²) in [5, 5.41) is 12.3. The third-order valence-electron chi connectivity index (χ3n) is 2.48. The van der Waals surface area contributed by atoms with Crippen molar-refractivity contribution in [2.45, 2.75) is 45.6 Å². The van der Waals surface area contributed by atoms with Gasteiger partial charge in [-0.2, -0.15) is 0 Å². The molecule has 0 aliphatic carbocycles. The van der Waals surface area contributed by atoms with Crippen molar-refractivity contribution in [3.63, 3.8) is 0 Å². The summed E-state index contributed by atoms with van der Waals surface area (Å²) in [6.45, 7) is 8.46. The average Bonchev–Trinajstić information content (AvgIpc) is 2.17. The van der Waals surface area contributed by atoms with E-state index in [4.69, 9.17) is 5.11 Å². The Hall–Kier alpha value is -1.16. The second-order valence-corrected chi connectivity index (χ2v) is 4.97. The Morgan fingerprint density at radius 1 is 1.38 bits per heavy atom. The van der Waals surface area contributed by atoms with Gasteiger partial charge in [0.25, 0.3) is 0 Å². The van der Waals surface area contributed by atoms with Gasteiger partial charge >= 0.3 is 0 Å². The van der Waals surface area contributed by atoms with E-state index < -0.39 is 0 Å². The number of aliphatic hydroxyl groups excluding tert-OH is 1. The molecule has 0 aliphatic rings. The van der Waals surface area contributed by atoms with Crippen LogP contribution in [0.5, 0.6) is 0 Å². The topological polar surface area (TPSA) is 58.0 Å². The van der Waals surface area contributed by atoms with Crippen LogP contribution >= 0.6 is 0 Å². The first-order valence-electron chi connectivity index (χ1n) is 5.65. The van der Waals surface area contributed by atoms with Gasteiger partial charge in [-0.3, -0.25) is 0 Å². The quantitative estimate of drug-likeness (QED) is 0.803. The maximum atomic E-state index is 8.95. The van der Waals surface area contributed by atoms with E-state index in [2.05, 4.69) is 29.1 Å². The number of hydrogen-bond acceptors (Lipinski definition) is 4. The van der Waals surface area contributed by atoms with Crippen molar-refractivity contribution < 1.29 is 5.11 Å². The lowest BCUT2D eigenvalue weighted by Gasteiger charge is -2.26. The highest BCUT2D eigenvalue weighted by Gasteiger charge is 2.17. The van der Waals surface area contributed by atoms with Gasteiger partial charge in [-0.1, -0.05) is 13.8 Å². The van der Waals surface area contributed by atoms with Crippen LogP contribution in [0, 0.1) is 0 Å². The summed E-state index contributed by atoms with van der Waals surface area (Å²) in [6, 6.07) is 1.96. The van der Waals surface area contributed by atoms with Crippen LogP contribution in [0.1, 0.15) is 45.7 Å². The third-order valence-corrected chi connectivity index (χ3v) is 2.48. The van der Waals surface area contributed by atoms with Crippen LogP contribution in [0.2, 0.25) is 0 Å². The Kier molecular flexibility index (Phi) is 4.24. The van der Waals surface area contributed by atoms with E-state index in [1.54, 1.807) is 6.33 Å². The number of nitrogens with zero attached hydrogens (tertiary/aromatic N) is 2. The fourth-order valence-corrected chi connectivity index (χ4v) is 1.45. The molecule has 16 heavy (non-hydrogen) atoms. The normalized spacial score (nSPS) is 11.9. The Bertz CT molecular complexity index is 337. The molecular weight excluding hydrogens is 202 g/mol.